The van der Waals surface area contributed by atoms with Crippen LogP contribution in [0.1, 0.15) is 19.4 Å². The van der Waals surface area contributed by atoms with Gasteiger partial charge < -0.3 is 10.1 Å². The van der Waals surface area contributed by atoms with Crippen LogP contribution in [0.4, 0.5) is 0 Å². The topological polar surface area (TPSA) is 84.5 Å². The lowest BCUT2D eigenvalue weighted by molar-refractivity contribution is -0.128. The third-order valence-corrected chi connectivity index (χ3v) is 5.38. The molecule has 1 amide bonds. The van der Waals surface area contributed by atoms with E-state index in [2.05, 4.69) is 10.0 Å². The Balaban J connectivity index is 2.65. The van der Waals surface area contributed by atoms with Gasteiger partial charge in [0, 0.05) is 26.1 Å². The van der Waals surface area contributed by atoms with Crippen molar-refractivity contribution in [3.05, 3.63) is 29.8 Å². The van der Waals surface area contributed by atoms with E-state index in [4.69, 9.17) is 16.3 Å². The largest absolute Gasteiger partial charge is 0.383 e. The summed E-state index contributed by atoms with van der Waals surface area (Å²) in [6, 6.07) is 6.34. The van der Waals surface area contributed by atoms with E-state index in [-0.39, 0.29) is 23.2 Å². The fourth-order valence-electron chi connectivity index (χ4n) is 1.63. The van der Waals surface area contributed by atoms with Crippen molar-refractivity contribution >= 4 is 27.5 Å². The summed E-state index contributed by atoms with van der Waals surface area (Å²) in [5, 5.41) is 2.79. The number of halogens is 1. The Morgan fingerprint density at radius 2 is 1.87 bits per heavy atom. The highest BCUT2D eigenvalue weighted by Crippen LogP contribution is 2.17. The summed E-state index contributed by atoms with van der Waals surface area (Å²) < 4.78 is 31.3. The average Bonchev–Trinajstić information content (AvgIpc) is 2.53. The first kappa shape index (κ1) is 19.9. The fraction of sp³-hybridized carbons (Fsp3) is 0.533. The second-order valence-electron chi connectivity index (χ2n) is 5.73. The van der Waals surface area contributed by atoms with Crippen molar-refractivity contribution in [1.82, 2.24) is 10.0 Å². The Morgan fingerprint density at radius 1 is 1.26 bits per heavy atom. The van der Waals surface area contributed by atoms with E-state index < -0.39 is 15.4 Å². The van der Waals surface area contributed by atoms with E-state index in [1.165, 1.54) is 19.2 Å². The molecule has 0 saturated heterocycles. The summed E-state index contributed by atoms with van der Waals surface area (Å²) in [5.74, 6) is 0.0776. The predicted octanol–water partition coefficient (Wildman–Crippen LogP) is 1.49. The van der Waals surface area contributed by atoms with Crippen LogP contribution in [0.5, 0.6) is 0 Å². The SMILES string of the molecule is COCCNS(=O)(=O)c1ccc(CNC(=O)C(C)(C)CCl)cc1. The molecule has 1 rings (SSSR count). The van der Waals surface area contributed by atoms with Crippen LogP contribution in [0.15, 0.2) is 29.2 Å². The Morgan fingerprint density at radius 3 is 2.39 bits per heavy atom. The predicted molar refractivity (Wildman–Crippen MR) is 89.9 cm³/mol. The van der Waals surface area contributed by atoms with E-state index in [0.29, 0.717) is 13.2 Å². The molecule has 1 aromatic carbocycles. The number of nitrogens with one attached hydrogen (secondary N) is 2. The quantitative estimate of drug-likeness (QED) is 0.515. The summed E-state index contributed by atoms with van der Waals surface area (Å²) in [6.07, 6.45) is 0. The lowest BCUT2D eigenvalue weighted by Gasteiger charge is -2.20. The van der Waals surface area contributed by atoms with Gasteiger partial charge in [0.2, 0.25) is 15.9 Å². The first-order valence-corrected chi connectivity index (χ1v) is 9.16. The molecule has 0 atom stereocenters. The number of benzene rings is 1. The van der Waals surface area contributed by atoms with Crippen LogP contribution in [-0.4, -0.2) is 40.5 Å². The maximum absolute atomic E-state index is 12.0. The minimum atomic E-state index is -3.54. The fourth-order valence-corrected chi connectivity index (χ4v) is 2.76. The third kappa shape index (κ3) is 6.10. The molecule has 0 radical (unpaired) electrons. The van der Waals surface area contributed by atoms with E-state index >= 15 is 0 Å². The van der Waals surface area contributed by atoms with Crippen molar-refractivity contribution in [3.63, 3.8) is 0 Å². The standard InChI is InChI=1S/C15H23ClN2O4S/c1-15(2,11-16)14(19)17-10-12-4-6-13(7-5-12)23(20,21)18-8-9-22-3/h4-7,18H,8-11H2,1-3H3,(H,17,19). The van der Waals surface area contributed by atoms with Gasteiger partial charge in [0.1, 0.15) is 0 Å². The number of rotatable bonds is 9. The molecule has 0 heterocycles. The van der Waals surface area contributed by atoms with Crippen molar-refractivity contribution in [3.8, 4) is 0 Å². The first-order valence-electron chi connectivity index (χ1n) is 7.15. The molecule has 23 heavy (non-hydrogen) atoms. The first-order chi connectivity index (χ1) is 10.7. The number of hydrogen-bond donors (Lipinski definition) is 2. The molecular weight excluding hydrogens is 340 g/mol. The van der Waals surface area contributed by atoms with Crippen LogP contribution in [0, 0.1) is 5.41 Å². The van der Waals surface area contributed by atoms with Gasteiger partial charge in [-0.2, -0.15) is 0 Å². The van der Waals surface area contributed by atoms with Crippen LogP contribution in [-0.2, 0) is 26.1 Å². The highest BCUT2D eigenvalue weighted by molar-refractivity contribution is 7.89. The maximum atomic E-state index is 12.0. The highest BCUT2D eigenvalue weighted by Gasteiger charge is 2.25. The monoisotopic (exact) mass is 362 g/mol. The Bertz CT molecular complexity index is 615. The van der Waals surface area contributed by atoms with Crippen LogP contribution in [0.3, 0.4) is 0 Å². The van der Waals surface area contributed by atoms with Gasteiger partial charge in [0.25, 0.3) is 0 Å². The van der Waals surface area contributed by atoms with E-state index in [1.54, 1.807) is 26.0 Å². The molecule has 6 nitrogen and oxygen atoms in total. The molecule has 0 aliphatic carbocycles. The van der Waals surface area contributed by atoms with Gasteiger partial charge in [0.15, 0.2) is 0 Å². The smallest absolute Gasteiger partial charge is 0.240 e. The minimum absolute atomic E-state index is 0.148. The number of carbonyl (C=O) groups excluding carboxylic acids is 1. The van der Waals surface area contributed by atoms with E-state index in [9.17, 15) is 13.2 Å². The molecule has 0 aromatic heterocycles. The summed E-state index contributed by atoms with van der Waals surface area (Å²) in [6.45, 7) is 4.35. The van der Waals surface area contributed by atoms with Crippen molar-refractivity contribution in [2.45, 2.75) is 25.3 Å². The lowest BCUT2D eigenvalue weighted by atomic mass is 9.95. The maximum Gasteiger partial charge on any atom is 0.240 e. The van der Waals surface area contributed by atoms with Crippen molar-refractivity contribution < 1.29 is 17.9 Å². The van der Waals surface area contributed by atoms with Gasteiger partial charge in [-0.25, -0.2) is 13.1 Å². The third-order valence-electron chi connectivity index (χ3n) is 3.23. The molecule has 0 unspecified atom stereocenters. The van der Waals surface area contributed by atoms with Crippen molar-refractivity contribution in [2.75, 3.05) is 26.1 Å². The zero-order valence-corrected chi connectivity index (χ0v) is 15.1. The molecule has 0 saturated carbocycles. The second kappa shape index (κ2) is 8.63. The highest BCUT2D eigenvalue weighted by atomic mass is 35.5. The molecule has 2 N–H and O–H groups in total. The normalized spacial score (nSPS) is 12.2. The summed E-state index contributed by atoms with van der Waals surface area (Å²) in [7, 11) is -2.04. The Hall–Kier alpha value is -1.15. The zero-order chi connectivity index (χ0) is 17.5. The average molecular weight is 363 g/mol. The van der Waals surface area contributed by atoms with Gasteiger partial charge in [-0.05, 0) is 31.5 Å². The van der Waals surface area contributed by atoms with Gasteiger partial charge >= 0.3 is 0 Å². The molecule has 0 spiro atoms. The van der Waals surface area contributed by atoms with Gasteiger partial charge in [-0.1, -0.05) is 12.1 Å². The number of alkyl halides is 1. The second-order valence-corrected chi connectivity index (χ2v) is 7.77. The molecule has 8 heteroatoms. The summed E-state index contributed by atoms with van der Waals surface area (Å²) in [5.41, 5.74) is 0.162. The number of methoxy groups -OCH3 is 1. The summed E-state index contributed by atoms with van der Waals surface area (Å²) in [4.78, 5) is 12.1. The number of carbonyl (C=O) groups is 1. The molecule has 1 aromatic rings. The molecule has 0 fully saturated rings. The minimum Gasteiger partial charge on any atom is -0.383 e. The van der Waals surface area contributed by atoms with Gasteiger partial charge in [-0.15, -0.1) is 11.6 Å². The molecule has 0 aliphatic rings. The Labute approximate surface area is 142 Å². The Kier molecular flexibility index (Phi) is 7.47. The van der Waals surface area contributed by atoms with Crippen LogP contribution in [0.25, 0.3) is 0 Å². The number of ether oxygens (including phenoxy) is 1. The van der Waals surface area contributed by atoms with Gasteiger partial charge in [0.05, 0.1) is 16.9 Å². The van der Waals surface area contributed by atoms with Crippen LogP contribution < -0.4 is 10.0 Å². The molecule has 0 bridgehead atoms. The van der Waals surface area contributed by atoms with E-state index in [1.807, 2.05) is 0 Å². The number of amides is 1. The zero-order valence-electron chi connectivity index (χ0n) is 13.6. The lowest BCUT2D eigenvalue weighted by Crippen LogP contribution is -2.37. The molecule has 130 valence electrons. The summed E-state index contributed by atoms with van der Waals surface area (Å²) >= 11 is 5.75. The van der Waals surface area contributed by atoms with E-state index in [0.717, 1.165) is 5.56 Å². The van der Waals surface area contributed by atoms with Crippen molar-refractivity contribution in [1.29, 1.82) is 0 Å². The molecular formula is C15H23ClN2O4S. The molecule has 0 aliphatic heterocycles. The number of sulfonamides is 1. The number of hydrogen-bond acceptors (Lipinski definition) is 4. The van der Waals surface area contributed by atoms with Gasteiger partial charge in [-0.3, -0.25) is 4.79 Å². The van der Waals surface area contributed by atoms with Crippen LogP contribution in [0.2, 0.25) is 0 Å². The van der Waals surface area contributed by atoms with Crippen molar-refractivity contribution in [2.24, 2.45) is 5.41 Å². The van der Waals surface area contributed by atoms with Crippen LogP contribution >= 0.6 is 11.6 Å².